The second-order valence-corrected chi connectivity index (χ2v) is 8.86. The first kappa shape index (κ1) is 33.2. The number of esters is 4. The van der Waals surface area contributed by atoms with Gasteiger partial charge in [-0.1, -0.05) is 12.1 Å². The van der Waals surface area contributed by atoms with Crippen LogP contribution in [0, 0.1) is 5.41 Å². The number of nitrogens with zero attached hydrogens (tertiary/aromatic N) is 1. The maximum absolute atomic E-state index is 13.5. The highest BCUT2D eigenvalue weighted by Crippen LogP contribution is 2.18. The second kappa shape index (κ2) is 16.3. The van der Waals surface area contributed by atoms with Crippen LogP contribution in [0.25, 0.3) is 6.08 Å². The fourth-order valence-electron chi connectivity index (χ4n) is 3.76. The molecule has 0 aliphatic heterocycles. The monoisotopic (exact) mass is 581 g/mol. The van der Waals surface area contributed by atoms with Crippen molar-refractivity contribution in [2.45, 2.75) is 39.7 Å². The fourth-order valence-corrected chi connectivity index (χ4v) is 3.76. The number of methoxy groups -OCH3 is 1. The minimum absolute atomic E-state index is 0.0216. The summed E-state index contributed by atoms with van der Waals surface area (Å²) in [6.45, 7) is 4.48. The van der Waals surface area contributed by atoms with E-state index in [-0.39, 0.29) is 55.3 Å². The number of hydrogen-bond donors (Lipinski definition) is 2. The average Bonchev–Trinajstić information content (AvgIpc) is 2.96. The number of nitrogens with one attached hydrogen (secondary N) is 1. The first-order valence-electron chi connectivity index (χ1n) is 13.2. The van der Waals surface area contributed by atoms with E-state index in [1.807, 2.05) is 0 Å². The smallest absolute Gasteiger partial charge is 0.343 e. The van der Waals surface area contributed by atoms with E-state index in [1.54, 1.807) is 38.1 Å². The molecule has 0 atom stereocenters. The molecule has 12 nitrogen and oxygen atoms in total. The molecule has 0 heterocycles. The number of nitrogens with two attached hydrogens (primary N) is 1. The van der Waals surface area contributed by atoms with Gasteiger partial charge in [-0.25, -0.2) is 14.4 Å². The summed E-state index contributed by atoms with van der Waals surface area (Å²) in [5, 5.41) is 7.43. The predicted octanol–water partition coefficient (Wildman–Crippen LogP) is 2.87. The highest BCUT2D eigenvalue weighted by Gasteiger charge is 2.38. The largest absolute Gasteiger partial charge is 0.469 e. The van der Waals surface area contributed by atoms with Gasteiger partial charge >= 0.3 is 23.9 Å². The number of hydrogen-bond acceptors (Lipinski definition) is 10. The molecule has 0 bridgehead atoms. The molecule has 0 radical (unpaired) electrons. The van der Waals surface area contributed by atoms with E-state index in [2.05, 4.69) is 4.74 Å². The lowest BCUT2D eigenvalue weighted by Gasteiger charge is -2.29. The summed E-state index contributed by atoms with van der Waals surface area (Å²) in [6.07, 6.45) is 1.60. The lowest BCUT2D eigenvalue weighted by atomic mass is 10.1. The van der Waals surface area contributed by atoms with Crippen LogP contribution in [0.2, 0.25) is 0 Å². The molecule has 3 N–H and O–H groups in total. The normalized spacial score (nSPS) is 10.9. The number of carbonyl (C=O) groups is 5. The molecule has 0 saturated carbocycles. The van der Waals surface area contributed by atoms with Crippen LogP contribution in [-0.4, -0.2) is 73.4 Å². The molecule has 12 heteroatoms. The third-order valence-electron chi connectivity index (χ3n) is 5.84. The standard InChI is InChI=1S/C30H35N3O9/c1-5-40-29(37)25(30(38)41-6-2)33(17-7-8-24(34)39-4)27(35)19(3)18-20-9-11-22(12-10-20)28(36)42-23-15-13-21(14-16-23)26(31)32/h9-16,18,25H,5-8,17H2,1-4H3,(H3,31,32)/b19-18+. The predicted molar refractivity (Wildman–Crippen MR) is 153 cm³/mol. The quantitative estimate of drug-likeness (QED) is 0.0642. The number of nitrogen functional groups attached to an aromatic ring is 1. The van der Waals surface area contributed by atoms with Crippen molar-refractivity contribution in [3.05, 3.63) is 70.8 Å². The number of benzene rings is 2. The SMILES string of the molecule is CCOC(=O)C(C(=O)OCC)N(CCCC(=O)OC)C(=O)/C(C)=C/c1ccc(C(=O)Oc2ccc(C(=N)N)cc2)cc1. The Bertz CT molecular complexity index is 1300. The minimum atomic E-state index is -1.67. The molecule has 0 aliphatic carbocycles. The van der Waals surface area contributed by atoms with E-state index in [0.717, 1.165) is 4.90 Å². The van der Waals surface area contributed by atoms with Crippen LogP contribution in [0.1, 0.15) is 55.1 Å². The Kier molecular flexibility index (Phi) is 12.9. The summed E-state index contributed by atoms with van der Waals surface area (Å²) in [4.78, 5) is 64.2. The van der Waals surface area contributed by atoms with Crippen LogP contribution in [0.15, 0.2) is 54.1 Å². The summed E-state index contributed by atoms with van der Waals surface area (Å²) < 4.78 is 20.1. The van der Waals surface area contributed by atoms with E-state index < -0.39 is 35.8 Å². The van der Waals surface area contributed by atoms with Crippen LogP contribution < -0.4 is 10.5 Å². The topological polar surface area (TPSA) is 175 Å². The number of carbonyl (C=O) groups excluding carboxylic acids is 5. The van der Waals surface area contributed by atoms with Crippen LogP contribution in [0.3, 0.4) is 0 Å². The molecule has 0 spiro atoms. The summed E-state index contributed by atoms with van der Waals surface area (Å²) in [5.74, 6) is -3.50. The minimum Gasteiger partial charge on any atom is -0.469 e. The highest BCUT2D eigenvalue weighted by atomic mass is 16.6. The maximum atomic E-state index is 13.5. The average molecular weight is 582 g/mol. The van der Waals surface area contributed by atoms with E-state index in [1.165, 1.54) is 44.4 Å². The zero-order chi connectivity index (χ0) is 31.2. The van der Waals surface area contributed by atoms with Crippen molar-refractivity contribution in [1.82, 2.24) is 4.90 Å². The summed E-state index contributed by atoms with van der Waals surface area (Å²) in [5.41, 5.74) is 6.91. The number of amides is 1. The van der Waals surface area contributed by atoms with Gasteiger partial charge in [0.1, 0.15) is 11.6 Å². The molecule has 0 fully saturated rings. The Morgan fingerprint density at radius 1 is 0.905 bits per heavy atom. The van der Waals surface area contributed by atoms with Crippen molar-refractivity contribution >= 4 is 41.7 Å². The summed E-state index contributed by atoms with van der Waals surface area (Å²) >= 11 is 0. The van der Waals surface area contributed by atoms with Crippen molar-refractivity contribution < 1.29 is 42.9 Å². The van der Waals surface area contributed by atoms with Crippen molar-refractivity contribution in [2.75, 3.05) is 26.9 Å². The van der Waals surface area contributed by atoms with E-state index >= 15 is 0 Å². The highest BCUT2D eigenvalue weighted by molar-refractivity contribution is 6.06. The summed E-state index contributed by atoms with van der Waals surface area (Å²) in [6, 6.07) is 10.7. The molecule has 0 saturated heterocycles. The Balaban J connectivity index is 2.26. The van der Waals surface area contributed by atoms with Gasteiger partial charge in [0.15, 0.2) is 0 Å². The molecule has 2 rings (SSSR count). The van der Waals surface area contributed by atoms with Gasteiger partial charge in [0, 0.05) is 24.1 Å². The Hall–Kier alpha value is -5.00. The van der Waals surface area contributed by atoms with E-state index in [9.17, 15) is 24.0 Å². The zero-order valence-electron chi connectivity index (χ0n) is 24.0. The Morgan fingerprint density at radius 2 is 1.45 bits per heavy atom. The molecule has 224 valence electrons. The van der Waals surface area contributed by atoms with Gasteiger partial charge in [-0.2, -0.15) is 0 Å². The van der Waals surface area contributed by atoms with Crippen molar-refractivity contribution in [1.29, 1.82) is 5.41 Å². The van der Waals surface area contributed by atoms with Crippen LogP contribution in [0.5, 0.6) is 5.75 Å². The van der Waals surface area contributed by atoms with Crippen LogP contribution in [-0.2, 0) is 33.4 Å². The summed E-state index contributed by atoms with van der Waals surface area (Å²) in [7, 11) is 1.23. The molecule has 42 heavy (non-hydrogen) atoms. The molecule has 0 aromatic heterocycles. The van der Waals surface area contributed by atoms with Gasteiger partial charge in [-0.05, 0) is 75.2 Å². The molecular weight excluding hydrogens is 546 g/mol. The molecule has 2 aromatic rings. The molecular formula is C30H35N3O9. The van der Waals surface area contributed by atoms with Gasteiger partial charge in [0.25, 0.3) is 5.91 Å². The third kappa shape index (κ3) is 9.58. The molecule has 0 unspecified atom stereocenters. The first-order valence-corrected chi connectivity index (χ1v) is 13.2. The number of amidine groups is 1. The van der Waals surface area contributed by atoms with Gasteiger partial charge in [0.05, 0.1) is 25.9 Å². The zero-order valence-corrected chi connectivity index (χ0v) is 24.0. The van der Waals surface area contributed by atoms with Crippen molar-refractivity contribution in [3.63, 3.8) is 0 Å². The van der Waals surface area contributed by atoms with Crippen LogP contribution >= 0.6 is 0 Å². The van der Waals surface area contributed by atoms with E-state index in [0.29, 0.717) is 11.1 Å². The fraction of sp³-hybridized carbons (Fsp3) is 0.333. The number of rotatable bonds is 14. The van der Waals surface area contributed by atoms with Gasteiger partial charge in [-0.3, -0.25) is 15.0 Å². The molecule has 0 aliphatic rings. The maximum Gasteiger partial charge on any atom is 0.343 e. The van der Waals surface area contributed by atoms with Crippen molar-refractivity contribution in [2.24, 2.45) is 5.73 Å². The van der Waals surface area contributed by atoms with Gasteiger partial charge in [0.2, 0.25) is 6.04 Å². The lowest BCUT2D eigenvalue weighted by Crippen LogP contribution is -2.52. The Labute approximate surface area is 243 Å². The van der Waals surface area contributed by atoms with E-state index in [4.69, 9.17) is 25.4 Å². The van der Waals surface area contributed by atoms with Crippen molar-refractivity contribution in [3.8, 4) is 5.75 Å². The third-order valence-corrected chi connectivity index (χ3v) is 5.84. The first-order chi connectivity index (χ1) is 20.0. The molecule has 1 amide bonds. The Morgan fingerprint density at radius 3 is 1.95 bits per heavy atom. The van der Waals surface area contributed by atoms with Crippen LogP contribution in [0.4, 0.5) is 0 Å². The second-order valence-electron chi connectivity index (χ2n) is 8.86. The van der Waals surface area contributed by atoms with Gasteiger partial charge < -0.3 is 29.6 Å². The molecule has 2 aromatic carbocycles. The lowest BCUT2D eigenvalue weighted by molar-refractivity contribution is -0.167. The number of ether oxygens (including phenoxy) is 4. The van der Waals surface area contributed by atoms with Gasteiger partial charge in [-0.15, -0.1) is 0 Å².